The highest BCUT2D eigenvalue weighted by Gasteiger charge is 2.22. The number of rotatable bonds is 5. The summed E-state index contributed by atoms with van der Waals surface area (Å²) in [5, 5.41) is 14.7. The fourth-order valence-electron chi connectivity index (χ4n) is 3.02. The average molecular weight is 517 g/mol. The topological polar surface area (TPSA) is 80.0 Å². The normalized spacial score (nSPS) is 17.0. The maximum atomic E-state index is 4.75. The first-order chi connectivity index (χ1) is 12.9. The van der Waals surface area contributed by atoms with E-state index in [1.54, 1.807) is 11.3 Å². The largest absolute Gasteiger partial charge is 0.357 e. The Kier molecular flexibility index (Phi) is 8.23. The maximum Gasteiger partial charge on any atom is 0.191 e. The van der Waals surface area contributed by atoms with Gasteiger partial charge in [-0.1, -0.05) is 27.7 Å². The highest BCUT2D eigenvalue weighted by molar-refractivity contribution is 14.0. The molecular formula is C19H32IN7S. The van der Waals surface area contributed by atoms with Gasteiger partial charge < -0.3 is 10.6 Å². The predicted octanol–water partition coefficient (Wildman–Crippen LogP) is 3.28. The fourth-order valence-corrected chi connectivity index (χ4v) is 3.96. The van der Waals surface area contributed by atoms with Crippen molar-refractivity contribution < 1.29 is 0 Å². The Bertz CT molecular complexity index is 791. The van der Waals surface area contributed by atoms with Crippen molar-refractivity contribution in [2.45, 2.75) is 78.4 Å². The lowest BCUT2D eigenvalue weighted by molar-refractivity contribution is 0.392. The zero-order chi connectivity index (χ0) is 19.4. The molecule has 0 fully saturated rings. The van der Waals surface area contributed by atoms with Crippen LogP contribution >= 0.6 is 35.3 Å². The molecule has 0 bridgehead atoms. The van der Waals surface area contributed by atoms with Gasteiger partial charge in [0, 0.05) is 36.2 Å². The summed E-state index contributed by atoms with van der Waals surface area (Å²) in [6.07, 6.45) is 2.87. The number of fused-ring (bicyclic) bond motifs is 1. The van der Waals surface area contributed by atoms with Crippen LogP contribution in [0.15, 0.2) is 10.4 Å². The van der Waals surface area contributed by atoms with Gasteiger partial charge in [0.05, 0.1) is 18.8 Å². The maximum absolute atomic E-state index is 4.75. The second-order valence-corrected chi connectivity index (χ2v) is 8.87. The molecule has 0 saturated heterocycles. The van der Waals surface area contributed by atoms with Gasteiger partial charge in [-0.05, 0) is 13.3 Å². The summed E-state index contributed by atoms with van der Waals surface area (Å²) >= 11 is 1.68. The minimum Gasteiger partial charge on any atom is -0.357 e. The molecular weight excluding hydrogens is 485 g/mol. The van der Waals surface area contributed by atoms with Crippen LogP contribution in [0.3, 0.4) is 0 Å². The summed E-state index contributed by atoms with van der Waals surface area (Å²) in [5.41, 5.74) is 1.21. The molecule has 3 rings (SSSR count). The number of nitrogens with zero attached hydrogens (tertiary/aromatic N) is 5. The number of nitrogens with one attached hydrogen (secondary N) is 2. The molecule has 7 nitrogen and oxygen atoms in total. The first-order valence-corrected chi connectivity index (χ1v) is 10.7. The Morgan fingerprint density at radius 2 is 2.11 bits per heavy atom. The quantitative estimate of drug-likeness (QED) is 0.362. The van der Waals surface area contributed by atoms with Crippen LogP contribution < -0.4 is 10.6 Å². The molecule has 28 heavy (non-hydrogen) atoms. The van der Waals surface area contributed by atoms with Crippen molar-refractivity contribution in [3.8, 4) is 0 Å². The number of aliphatic imine (C=N–C) groups is 1. The summed E-state index contributed by atoms with van der Waals surface area (Å²) in [6.45, 7) is 13.0. The van der Waals surface area contributed by atoms with E-state index in [0.29, 0.717) is 12.6 Å². The SMILES string of the molecule is CCNC(=NCc1nc(C(C)(C)C)cs1)NC1CCc2nc(CC)nn2C1.I. The Balaban J connectivity index is 0.00000280. The predicted molar refractivity (Wildman–Crippen MR) is 126 cm³/mol. The van der Waals surface area contributed by atoms with Crippen LogP contribution in [-0.2, 0) is 31.3 Å². The molecule has 156 valence electrons. The highest BCUT2D eigenvalue weighted by atomic mass is 127. The molecule has 0 radical (unpaired) electrons. The van der Waals surface area contributed by atoms with E-state index in [4.69, 9.17) is 9.98 Å². The summed E-state index contributed by atoms with van der Waals surface area (Å²) in [4.78, 5) is 14.1. The molecule has 0 spiro atoms. The van der Waals surface area contributed by atoms with Crippen molar-refractivity contribution in [1.82, 2.24) is 30.4 Å². The molecule has 2 N–H and O–H groups in total. The van der Waals surface area contributed by atoms with Gasteiger partial charge in [-0.25, -0.2) is 19.6 Å². The van der Waals surface area contributed by atoms with Crippen LogP contribution in [0.1, 0.15) is 63.4 Å². The van der Waals surface area contributed by atoms with Crippen molar-refractivity contribution >= 4 is 41.3 Å². The van der Waals surface area contributed by atoms with E-state index in [0.717, 1.165) is 60.7 Å². The Morgan fingerprint density at radius 1 is 1.32 bits per heavy atom. The summed E-state index contributed by atoms with van der Waals surface area (Å²) in [6, 6.07) is 0.308. The third-order valence-corrected chi connectivity index (χ3v) is 5.43. The van der Waals surface area contributed by atoms with Crippen molar-refractivity contribution in [2.75, 3.05) is 6.54 Å². The van der Waals surface area contributed by atoms with Gasteiger partial charge in [-0.15, -0.1) is 35.3 Å². The van der Waals surface area contributed by atoms with Gasteiger partial charge in [-0.2, -0.15) is 5.10 Å². The highest BCUT2D eigenvalue weighted by Crippen LogP contribution is 2.24. The lowest BCUT2D eigenvalue weighted by atomic mass is 9.93. The van der Waals surface area contributed by atoms with Gasteiger partial charge in [0.1, 0.15) is 10.8 Å². The number of aryl methyl sites for hydroxylation is 2. The number of halogens is 1. The van der Waals surface area contributed by atoms with Crippen molar-refractivity contribution in [1.29, 1.82) is 0 Å². The number of hydrogen-bond donors (Lipinski definition) is 2. The van der Waals surface area contributed by atoms with Crippen LogP contribution in [-0.4, -0.2) is 38.3 Å². The van der Waals surface area contributed by atoms with E-state index in [1.165, 1.54) is 0 Å². The standard InChI is InChI=1S/C19H31N7S.HI/c1-6-15-24-16-9-8-13(11-26(16)25-15)22-18(20-7-2)21-10-17-23-14(12-27-17)19(3,4)5;/h12-13H,6-11H2,1-5H3,(H2,20,21,22);1H. The molecule has 2 aromatic heterocycles. The lowest BCUT2D eigenvalue weighted by Crippen LogP contribution is -2.47. The summed E-state index contributed by atoms with van der Waals surface area (Å²) in [5.74, 6) is 2.88. The molecule has 3 heterocycles. The molecule has 2 aromatic rings. The molecule has 0 saturated carbocycles. The van der Waals surface area contributed by atoms with E-state index >= 15 is 0 Å². The molecule has 1 unspecified atom stereocenters. The molecule has 1 atom stereocenters. The molecule has 1 aliphatic heterocycles. The van der Waals surface area contributed by atoms with E-state index in [-0.39, 0.29) is 29.4 Å². The zero-order valence-electron chi connectivity index (χ0n) is 17.4. The van der Waals surface area contributed by atoms with Crippen LogP contribution in [0.2, 0.25) is 0 Å². The Hall–Kier alpha value is -1.23. The first-order valence-electron chi connectivity index (χ1n) is 9.81. The van der Waals surface area contributed by atoms with Crippen molar-refractivity contribution in [3.63, 3.8) is 0 Å². The fraction of sp³-hybridized carbons (Fsp3) is 0.684. The van der Waals surface area contributed by atoms with Gasteiger partial charge in [0.25, 0.3) is 0 Å². The lowest BCUT2D eigenvalue weighted by Gasteiger charge is -2.25. The monoisotopic (exact) mass is 517 g/mol. The van der Waals surface area contributed by atoms with E-state index in [2.05, 4.69) is 60.7 Å². The number of aromatic nitrogens is 4. The minimum atomic E-state index is 0. The molecule has 0 aromatic carbocycles. The number of hydrogen-bond acceptors (Lipinski definition) is 5. The summed E-state index contributed by atoms with van der Waals surface area (Å²) in [7, 11) is 0. The minimum absolute atomic E-state index is 0. The molecule has 0 aliphatic carbocycles. The van der Waals surface area contributed by atoms with Crippen LogP contribution in [0.5, 0.6) is 0 Å². The van der Waals surface area contributed by atoms with Crippen molar-refractivity contribution in [3.05, 3.63) is 27.7 Å². The van der Waals surface area contributed by atoms with Gasteiger partial charge in [0.15, 0.2) is 11.8 Å². The second kappa shape index (κ2) is 10.00. The zero-order valence-corrected chi connectivity index (χ0v) is 20.6. The first kappa shape index (κ1) is 23.1. The third kappa shape index (κ3) is 5.88. The van der Waals surface area contributed by atoms with E-state index < -0.39 is 0 Å². The van der Waals surface area contributed by atoms with E-state index in [1.807, 2.05) is 4.68 Å². The van der Waals surface area contributed by atoms with Crippen molar-refractivity contribution in [2.24, 2.45) is 4.99 Å². The molecule has 9 heteroatoms. The third-order valence-electron chi connectivity index (χ3n) is 4.60. The van der Waals surface area contributed by atoms with Gasteiger partial charge in [-0.3, -0.25) is 0 Å². The van der Waals surface area contributed by atoms with Crippen LogP contribution in [0.25, 0.3) is 0 Å². The van der Waals surface area contributed by atoms with Gasteiger partial charge in [0.2, 0.25) is 0 Å². The summed E-state index contributed by atoms with van der Waals surface area (Å²) < 4.78 is 2.04. The van der Waals surface area contributed by atoms with E-state index in [9.17, 15) is 0 Å². The smallest absolute Gasteiger partial charge is 0.191 e. The average Bonchev–Trinajstić information content (AvgIpc) is 3.25. The Morgan fingerprint density at radius 3 is 2.75 bits per heavy atom. The molecule has 0 amide bonds. The second-order valence-electron chi connectivity index (χ2n) is 7.93. The Labute approximate surface area is 188 Å². The van der Waals surface area contributed by atoms with Crippen LogP contribution in [0.4, 0.5) is 0 Å². The van der Waals surface area contributed by atoms with Gasteiger partial charge >= 0.3 is 0 Å². The molecule has 1 aliphatic rings. The number of thiazole rings is 1. The van der Waals surface area contributed by atoms with Crippen LogP contribution in [0, 0.1) is 0 Å². The number of guanidine groups is 1.